The van der Waals surface area contributed by atoms with Gasteiger partial charge in [0.05, 0.1) is 6.42 Å². The third-order valence-electron chi connectivity index (χ3n) is 5.07. The lowest BCUT2D eigenvalue weighted by Crippen LogP contribution is -2.25. The monoisotopic (exact) mass is 419 g/mol. The van der Waals surface area contributed by atoms with Crippen molar-refractivity contribution in [3.05, 3.63) is 93.5 Å². The Hall–Kier alpha value is -3.25. The van der Waals surface area contributed by atoms with Crippen molar-refractivity contribution in [1.82, 2.24) is 24.9 Å². The number of aryl methyl sites for hydroxylation is 2. The Morgan fingerprint density at radius 1 is 1.03 bits per heavy atom. The molecule has 7 heteroatoms. The minimum absolute atomic E-state index is 0.106. The average molecular weight is 420 g/mol. The topological polar surface area (TPSA) is 72.2 Å². The van der Waals surface area contributed by atoms with E-state index in [2.05, 4.69) is 20.4 Å². The number of hydrogen-bond donors (Lipinski definition) is 1. The molecule has 4 aromatic rings. The van der Waals surface area contributed by atoms with E-state index in [0.29, 0.717) is 24.6 Å². The van der Waals surface area contributed by atoms with E-state index in [9.17, 15) is 4.79 Å². The van der Waals surface area contributed by atoms with Gasteiger partial charge in [0.25, 0.3) is 5.78 Å². The van der Waals surface area contributed by atoms with Crippen LogP contribution in [0.25, 0.3) is 5.78 Å². The Bertz CT molecular complexity index is 1200. The number of nitrogens with one attached hydrogen (secondary N) is 1. The number of hydrogen-bond acceptors (Lipinski definition) is 4. The van der Waals surface area contributed by atoms with Crippen molar-refractivity contribution in [2.24, 2.45) is 0 Å². The molecule has 0 aliphatic heterocycles. The molecule has 30 heavy (non-hydrogen) atoms. The van der Waals surface area contributed by atoms with Gasteiger partial charge in [-0.15, -0.1) is 5.10 Å². The van der Waals surface area contributed by atoms with Crippen LogP contribution >= 0.6 is 11.6 Å². The van der Waals surface area contributed by atoms with Gasteiger partial charge in [-0.2, -0.15) is 4.98 Å². The van der Waals surface area contributed by atoms with Gasteiger partial charge in [0, 0.05) is 29.4 Å². The summed E-state index contributed by atoms with van der Waals surface area (Å²) < 4.78 is 1.71. The Labute approximate surface area is 179 Å². The average Bonchev–Trinajstić information content (AvgIpc) is 3.14. The van der Waals surface area contributed by atoms with Gasteiger partial charge in [-0.1, -0.05) is 60.1 Å². The first-order valence-electron chi connectivity index (χ1n) is 9.77. The molecule has 0 unspecified atom stereocenters. The van der Waals surface area contributed by atoms with Gasteiger partial charge in [-0.3, -0.25) is 4.79 Å². The number of amides is 1. The van der Waals surface area contributed by atoms with Crippen molar-refractivity contribution in [3.8, 4) is 0 Å². The molecule has 0 aliphatic carbocycles. The summed E-state index contributed by atoms with van der Waals surface area (Å²) in [5.41, 5.74) is 4.96. The number of benzene rings is 2. The molecule has 1 N–H and O–H groups in total. The standard InChI is InChI=1S/C23H22ClN5O/c1-15-19(12-18-10-6-7-11-20(18)24)16(2)29-23(26-15)27-21(28-29)13-22(30)25-14-17-8-4-3-5-9-17/h3-11H,12-14H2,1-2H3,(H,25,30). The highest BCUT2D eigenvalue weighted by molar-refractivity contribution is 6.31. The molecule has 6 nitrogen and oxygen atoms in total. The normalized spacial score (nSPS) is 11.0. The van der Waals surface area contributed by atoms with Gasteiger partial charge in [0.2, 0.25) is 5.91 Å². The second kappa shape index (κ2) is 8.63. The van der Waals surface area contributed by atoms with E-state index < -0.39 is 0 Å². The molecule has 1 amide bonds. The van der Waals surface area contributed by atoms with E-state index in [-0.39, 0.29) is 12.3 Å². The molecule has 0 spiro atoms. The van der Waals surface area contributed by atoms with Crippen LogP contribution in [0, 0.1) is 13.8 Å². The van der Waals surface area contributed by atoms with Crippen LogP contribution in [-0.4, -0.2) is 25.5 Å². The predicted molar refractivity (Wildman–Crippen MR) is 117 cm³/mol. The highest BCUT2D eigenvalue weighted by Crippen LogP contribution is 2.22. The Kier molecular flexibility index (Phi) is 5.77. The smallest absolute Gasteiger partial charge is 0.252 e. The zero-order valence-electron chi connectivity index (χ0n) is 16.9. The third kappa shape index (κ3) is 4.33. The largest absolute Gasteiger partial charge is 0.352 e. The molecule has 0 atom stereocenters. The van der Waals surface area contributed by atoms with E-state index in [4.69, 9.17) is 11.6 Å². The SMILES string of the molecule is Cc1nc2nc(CC(=O)NCc3ccccc3)nn2c(C)c1Cc1ccccc1Cl. The van der Waals surface area contributed by atoms with Crippen LogP contribution in [0.15, 0.2) is 54.6 Å². The van der Waals surface area contributed by atoms with Crippen molar-refractivity contribution >= 4 is 23.3 Å². The Balaban J connectivity index is 1.53. The summed E-state index contributed by atoms with van der Waals surface area (Å²) in [6.07, 6.45) is 0.765. The van der Waals surface area contributed by atoms with Crippen LogP contribution in [0.5, 0.6) is 0 Å². The molecule has 2 aromatic carbocycles. The maximum Gasteiger partial charge on any atom is 0.252 e. The zero-order chi connectivity index (χ0) is 21.1. The minimum atomic E-state index is -0.125. The van der Waals surface area contributed by atoms with Crippen LogP contribution in [0.3, 0.4) is 0 Å². The molecule has 0 fully saturated rings. The maximum atomic E-state index is 12.3. The van der Waals surface area contributed by atoms with Crippen molar-refractivity contribution in [2.45, 2.75) is 33.2 Å². The Morgan fingerprint density at radius 3 is 2.53 bits per heavy atom. The molecule has 0 bridgehead atoms. The number of nitrogens with zero attached hydrogens (tertiary/aromatic N) is 4. The molecule has 0 saturated carbocycles. The van der Waals surface area contributed by atoms with E-state index >= 15 is 0 Å². The highest BCUT2D eigenvalue weighted by Gasteiger charge is 2.16. The summed E-state index contributed by atoms with van der Waals surface area (Å²) >= 11 is 6.33. The molecular formula is C23H22ClN5O. The fourth-order valence-corrected chi connectivity index (χ4v) is 3.62. The summed E-state index contributed by atoms with van der Waals surface area (Å²) in [5.74, 6) is 0.824. The number of halogens is 1. The Morgan fingerprint density at radius 2 is 1.77 bits per heavy atom. The fourth-order valence-electron chi connectivity index (χ4n) is 3.42. The number of rotatable bonds is 6. The van der Waals surface area contributed by atoms with Crippen LogP contribution in [-0.2, 0) is 24.2 Å². The van der Waals surface area contributed by atoms with Gasteiger partial charge in [0.1, 0.15) is 0 Å². The molecule has 0 saturated heterocycles. The van der Waals surface area contributed by atoms with Crippen LogP contribution < -0.4 is 5.32 Å². The zero-order valence-corrected chi connectivity index (χ0v) is 17.6. The summed E-state index contributed by atoms with van der Waals surface area (Å²) in [6, 6.07) is 17.6. The van der Waals surface area contributed by atoms with E-state index in [1.807, 2.05) is 68.4 Å². The van der Waals surface area contributed by atoms with E-state index in [1.165, 1.54) is 0 Å². The quantitative estimate of drug-likeness (QED) is 0.515. The van der Waals surface area contributed by atoms with Gasteiger partial charge in [0.15, 0.2) is 5.82 Å². The minimum Gasteiger partial charge on any atom is -0.352 e. The van der Waals surface area contributed by atoms with E-state index in [0.717, 1.165) is 33.1 Å². The lowest BCUT2D eigenvalue weighted by atomic mass is 10.0. The van der Waals surface area contributed by atoms with Gasteiger partial charge >= 0.3 is 0 Å². The number of aromatic nitrogens is 4. The van der Waals surface area contributed by atoms with Crippen LogP contribution in [0.4, 0.5) is 0 Å². The molecule has 0 aliphatic rings. The lowest BCUT2D eigenvalue weighted by Gasteiger charge is -2.11. The number of carbonyl (C=O) groups excluding carboxylic acids is 1. The predicted octanol–water partition coefficient (Wildman–Crippen LogP) is 3.84. The molecule has 2 heterocycles. The van der Waals surface area contributed by atoms with E-state index in [1.54, 1.807) is 4.52 Å². The van der Waals surface area contributed by atoms with Crippen molar-refractivity contribution in [3.63, 3.8) is 0 Å². The number of carbonyl (C=O) groups is 1. The van der Waals surface area contributed by atoms with Crippen molar-refractivity contribution in [1.29, 1.82) is 0 Å². The summed E-state index contributed by atoms with van der Waals surface area (Å²) in [6.45, 7) is 4.42. The van der Waals surface area contributed by atoms with Gasteiger partial charge in [-0.05, 0) is 36.6 Å². The number of fused-ring (bicyclic) bond motifs is 1. The second-order valence-corrected chi connectivity index (χ2v) is 7.62. The van der Waals surface area contributed by atoms with Crippen LogP contribution in [0.2, 0.25) is 5.02 Å². The summed E-state index contributed by atoms with van der Waals surface area (Å²) in [7, 11) is 0. The highest BCUT2D eigenvalue weighted by atomic mass is 35.5. The van der Waals surface area contributed by atoms with Gasteiger partial charge < -0.3 is 5.32 Å². The maximum absolute atomic E-state index is 12.3. The summed E-state index contributed by atoms with van der Waals surface area (Å²) in [5, 5.41) is 8.15. The first-order valence-corrected chi connectivity index (χ1v) is 10.1. The van der Waals surface area contributed by atoms with Crippen molar-refractivity contribution < 1.29 is 4.79 Å². The molecular weight excluding hydrogens is 398 g/mol. The molecule has 4 rings (SSSR count). The summed E-state index contributed by atoms with van der Waals surface area (Å²) in [4.78, 5) is 21.4. The van der Waals surface area contributed by atoms with Crippen molar-refractivity contribution in [2.75, 3.05) is 0 Å². The van der Waals surface area contributed by atoms with Gasteiger partial charge in [-0.25, -0.2) is 9.50 Å². The third-order valence-corrected chi connectivity index (χ3v) is 5.44. The van der Waals surface area contributed by atoms with Crippen LogP contribution in [0.1, 0.15) is 33.9 Å². The fraction of sp³-hybridized carbons (Fsp3) is 0.217. The first kappa shape index (κ1) is 20.0. The lowest BCUT2D eigenvalue weighted by molar-refractivity contribution is -0.120. The molecule has 0 radical (unpaired) electrons. The first-order chi connectivity index (χ1) is 14.5. The molecule has 152 valence electrons. The second-order valence-electron chi connectivity index (χ2n) is 7.21. The molecule has 2 aromatic heterocycles.